The molecule has 1 aliphatic heterocycles. The van der Waals surface area contributed by atoms with Crippen molar-refractivity contribution in [2.24, 2.45) is 0 Å². The highest BCUT2D eigenvalue weighted by atomic mass is 19.4. The third-order valence-corrected chi connectivity index (χ3v) is 4.84. The fourth-order valence-electron chi connectivity index (χ4n) is 3.53. The molecule has 0 atom stereocenters. The average Bonchev–Trinajstić information content (AvgIpc) is 3.03. The molecule has 1 amide bonds. The van der Waals surface area contributed by atoms with Crippen LogP contribution in [-0.4, -0.2) is 37.8 Å². The number of likely N-dealkylation sites (tertiary alicyclic amines) is 1. The van der Waals surface area contributed by atoms with Crippen molar-refractivity contribution >= 4 is 22.7 Å². The van der Waals surface area contributed by atoms with Gasteiger partial charge in [0.2, 0.25) is 11.7 Å². The summed E-state index contributed by atoms with van der Waals surface area (Å²) in [5.74, 6) is -0.466. The third-order valence-electron chi connectivity index (χ3n) is 4.84. The first-order valence-corrected chi connectivity index (χ1v) is 8.72. The number of carbonyl (C=O) groups excluding carboxylic acids is 1. The van der Waals surface area contributed by atoms with Gasteiger partial charge in [0.05, 0.1) is 11.0 Å². The second kappa shape index (κ2) is 6.40. The summed E-state index contributed by atoms with van der Waals surface area (Å²) in [7, 11) is 0. The van der Waals surface area contributed by atoms with Gasteiger partial charge in [0.25, 0.3) is 5.56 Å². The molecular formula is C18H17F3N4O2. The maximum atomic E-state index is 13.5. The number of piperidine rings is 1. The monoisotopic (exact) mass is 378 g/mol. The Kier molecular flexibility index (Phi) is 4.16. The molecule has 0 spiro atoms. The van der Waals surface area contributed by atoms with Crippen molar-refractivity contribution < 1.29 is 18.0 Å². The smallest absolute Gasteiger partial charge is 0.341 e. The molecule has 142 valence electrons. The first-order valence-electron chi connectivity index (χ1n) is 8.72. The summed E-state index contributed by atoms with van der Waals surface area (Å²) in [6, 6.07) is 6.87. The zero-order valence-corrected chi connectivity index (χ0v) is 14.4. The number of hydrogen-bond donors (Lipinski definition) is 0. The van der Waals surface area contributed by atoms with E-state index in [9.17, 15) is 22.8 Å². The van der Waals surface area contributed by atoms with E-state index in [2.05, 4.69) is 4.98 Å². The Bertz CT molecular complexity index is 1080. The second-order valence-corrected chi connectivity index (χ2v) is 6.63. The Morgan fingerprint density at radius 1 is 1.11 bits per heavy atom. The van der Waals surface area contributed by atoms with Crippen molar-refractivity contribution in [1.82, 2.24) is 18.9 Å². The predicted octanol–water partition coefficient (Wildman–Crippen LogP) is 2.68. The summed E-state index contributed by atoms with van der Waals surface area (Å²) in [4.78, 5) is 30.9. The lowest BCUT2D eigenvalue weighted by Gasteiger charge is -2.27. The summed E-state index contributed by atoms with van der Waals surface area (Å²) >= 11 is 0. The van der Waals surface area contributed by atoms with Crippen LogP contribution >= 0.6 is 0 Å². The van der Waals surface area contributed by atoms with Crippen LogP contribution in [0.4, 0.5) is 13.2 Å². The molecule has 3 aromatic rings. The Labute approximate surface area is 151 Å². The summed E-state index contributed by atoms with van der Waals surface area (Å²) < 4.78 is 42.5. The van der Waals surface area contributed by atoms with Gasteiger partial charge in [-0.05, 0) is 31.4 Å². The SMILES string of the molecule is O=C(Cn1c(=O)cc(C(F)(F)F)n2c3ccccc3nc12)N1CCCCC1. The second-order valence-electron chi connectivity index (χ2n) is 6.63. The maximum Gasteiger partial charge on any atom is 0.432 e. The highest BCUT2D eigenvalue weighted by Crippen LogP contribution is 2.31. The molecular weight excluding hydrogens is 361 g/mol. The molecule has 1 fully saturated rings. The van der Waals surface area contributed by atoms with Crippen LogP contribution in [0.5, 0.6) is 0 Å². The van der Waals surface area contributed by atoms with Crippen molar-refractivity contribution in [2.75, 3.05) is 13.1 Å². The summed E-state index contributed by atoms with van der Waals surface area (Å²) in [6.45, 7) is 0.867. The van der Waals surface area contributed by atoms with Crippen LogP contribution in [0.2, 0.25) is 0 Å². The van der Waals surface area contributed by atoms with Gasteiger partial charge >= 0.3 is 6.18 Å². The van der Waals surface area contributed by atoms with E-state index in [4.69, 9.17) is 0 Å². The van der Waals surface area contributed by atoms with Crippen molar-refractivity contribution in [2.45, 2.75) is 32.0 Å². The number of benzene rings is 1. The van der Waals surface area contributed by atoms with Crippen LogP contribution in [0.25, 0.3) is 16.8 Å². The predicted molar refractivity (Wildman–Crippen MR) is 92.4 cm³/mol. The van der Waals surface area contributed by atoms with E-state index >= 15 is 0 Å². The van der Waals surface area contributed by atoms with Crippen LogP contribution in [0.1, 0.15) is 25.0 Å². The van der Waals surface area contributed by atoms with Gasteiger partial charge in [0.1, 0.15) is 12.2 Å². The van der Waals surface area contributed by atoms with Gasteiger partial charge in [0, 0.05) is 19.2 Å². The first-order chi connectivity index (χ1) is 12.9. The van der Waals surface area contributed by atoms with Crippen LogP contribution < -0.4 is 5.56 Å². The molecule has 0 radical (unpaired) electrons. The molecule has 0 saturated carbocycles. The molecule has 0 bridgehead atoms. The Balaban J connectivity index is 1.90. The van der Waals surface area contributed by atoms with Gasteiger partial charge in [-0.15, -0.1) is 0 Å². The number of amides is 1. The van der Waals surface area contributed by atoms with Gasteiger partial charge in [-0.1, -0.05) is 12.1 Å². The van der Waals surface area contributed by atoms with E-state index in [0.29, 0.717) is 24.7 Å². The number of halogens is 3. The fraction of sp³-hybridized carbons (Fsp3) is 0.389. The van der Waals surface area contributed by atoms with Crippen LogP contribution in [0, 0.1) is 0 Å². The zero-order valence-electron chi connectivity index (χ0n) is 14.4. The Morgan fingerprint density at radius 2 is 1.81 bits per heavy atom. The van der Waals surface area contributed by atoms with Crippen LogP contribution in [0.15, 0.2) is 35.1 Å². The minimum atomic E-state index is -4.73. The first kappa shape index (κ1) is 17.6. The number of hydrogen-bond acceptors (Lipinski definition) is 3. The van der Waals surface area contributed by atoms with Gasteiger partial charge in [0.15, 0.2) is 0 Å². The molecule has 3 heterocycles. The largest absolute Gasteiger partial charge is 0.432 e. The van der Waals surface area contributed by atoms with Gasteiger partial charge in [-0.2, -0.15) is 13.2 Å². The maximum absolute atomic E-state index is 13.5. The lowest BCUT2D eigenvalue weighted by molar-refractivity contribution is -0.142. The normalized spacial score (nSPS) is 15.6. The van der Waals surface area contributed by atoms with Gasteiger partial charge in [-0.3, -0.25) is 18.6 Å². The topological polar surface area (TPSA) is 59.6 Å². The Hall–Kier alpha value is -2.84. The molecule has 0 unspecified atom stereocenters. The van der Waals surface area contributed by atoms with Crippen molar-refractivity contribution in [3.63, 3.8) is 0 Å². The number of carbonyl (C=O) groups is 1. The molecule has 4 rings (SSSR count). The van der Waals surface area contributed by atoms with Crippen molar-refractivity contribution in [3.05, 3.63) is 46.4 Å². The standard InChI is InChI=1S/C18H17F3N4O2/c19-18(20,21)14-10-15(26)24(11-16(27)23-8-4-1-5-9-23)17-22-12-6-2-3-7-13(12)25(14)17/h2-3,6-7,10H,1,4-5,8-9,11H2. The highest BCUT2D eigenvalue weighted by molar-refractivity contribution is 5.81. The fourth-order valence-corrected chi connectivity index (χ4v) is 3.53. The Morgan fingerprint density at radius 3 is 2.52 bits per heavy atom. The van der Waals surface area contributed by atoms with Crippen LogP contribution in [0.3, 0.4) is 0 Å². The molecule has 0 N–H and O–H groups in total. The molecule has 0 aliphatic carbocycles. The zero-order chi connectivity index (χ0) is 19.2. The number of fused-ring (bicyclic) bond motifs is 3. The minimum Gasteiger partial charge on any atom is -0.341 e. The molecule has 6 nitrogen and oxygen atoms in total. The number of imidazole rings is 1. The lowest BCUT2D eigenvalue weighted by atomic mass is 10.1. The molecule has 1 aliphatic rings. The van der Waals surface area contributed by atoms with Crippen molar-refractivity contribution in [1.29, 1.82) is 0 Å². The number of para-hydroxylation sites is 2. The number of alkyl halides is 3. The molecule has 1 saturated heterocycles. The van der Waals surface area contributed by atoms with Crippen LogP contribution in [-0.2, 0) is 17.5 Å². The van der Waals surface area contributed by atoms with E-state index in [-0.39, 0.29) is 23.7 Å². The highest BCUT2D eigenvalue weighted by Gasteiger charge is 2.36. The molecule has 2 aromatic heterocycles. The molecule has 27 heavy (non-hydrogen) atoms. The number of aromatic nitrogens is 3. The van der Waals surface area contributed by atoms with E-state index in [0.717, 1.165) is 28.2 Å². The van der Waals surface area contributed by atoms with E-state index < -0.39 is 17.4 Å². The number of nitrogens with zero attached hydrogens (tertiary/aromatic N) is 4. The van der Waals surface area contributed by atoms with E-state index in [1.54, 1.807) is 23.1 Å². The van der Waals surface area contributed by atoms with Crippen molar-refractivity contribution in [3.8, 4) is 0 Å². The minimum absolute atomic E-state index is 0.179. The lowest BCUT2D eigenvalue weighted by Crippen LogP contribution is -2.40. The van der Waals surface area contributed by atoms with Gasteiger partial charge < -0.3 is 4.90 Å². The quantitative estimate of drug-likeness (QED) is 0.689. The third kappa shape index (κ3) is 3.07. The summed E-state index contributed by atoms with van der Waals surface area (Å²) in [5, 5.41) is 0. The summed E-state index contributed by atoms with van der Waals surface area (Å²) in [5.41, 5.74) is -1.43. The number of rotatable bonds is 2. The molecule has 1 aromatic carbocycles. The summed E-state index contributed by atoms with van der Waals surface area (Å²) in [6.07, 6.45) is -1.91. The average molecular weight is 378 g/mol. The van der Waals surface area contributed by atoms with E-state index in [1.807, 2.05) is 0 Å². The van der Waals surface area contributed by atoms with Gasteiger partial charge in [-0.25, -0.2) is 4.98 Å². The van der Waals surface area contributed by atoms with E-state index in [1.165, 1.54) is 6.07 Å². The molecule has 9 heteroatoms.